The Balaban J connectivity index is 2.64. The molecule has 1 aromatic carbocycles. The number of aromatic nitrogens is 2. The van der Waals surface area contributed by atoms with Gasteiger partial charge in [-0.05, 0) is 59.5 Å². The van der Waals surface area contributed by atoms with Crippen LogP contribution in [0.25, 0.3) is 11.3 Å². The first-order chi connectivity index (χ1) is 7.09. The minimum Gasteiger partial charge on any atom is -0.339 e. The molecule has 1 aromatic heterocycles. The Morgan fingerprint density at radius 1 is 1.07 bits per heavy atom. The van der Waals surface area contributed by atoms with Crippen molar-refractivity contribution in [2.45, 2.75) is 20.8 Å². The van der Waals surface area contributed by atoms with Crippen molar-refractivity contribution in [3.05, 3.63) is 39.8 Å². The van der Waals surface area contributed by atoms with Crippen molar-refractivity contribution < 1.29 is 0 Å². The molecule has 0 saturated heterocycles. The number of nitrogens with one attached hydrogen (secondary N) is 1. The molecule has 0 fully saturated rings. The molecule has 0 bridgehead atoms. The highest BCUT2D eigenvalue weighted by Gasteiger charge is 2.09. The lowest BCUT2D eigenvalue weighted by atomic mass is 9.99. The van der Waals surface area contributed by atoms with E-state index in [0.717, 1.165) is 10.3 Å². The van der Waals surface area contributed by atoms with Gasteiger partial charge in [0.05, 0.1) is 6.33 Å². The van der Waals surface area contributed by atoms with Crippen LogP contribution in [0, 0.1) is 20.8 Å². The standard InChI is InChI=1S/C12H13BrN2/c1-7-4-9(3)10(5-8(7)2)11-12(13)15-6-14-11/h4-6H,1-3H3,(H,14,15). The third-order valence-corrected chi connectivity index (χ3v) is 3.29. The minimum absolute atomic E-state index is 0.939. The first-order valence-corrected chi connectivity index (χ1v) is 5.66. The highest BCUT2D eigenvalue weighted by Crippen LogP contribution is 2.29. The normalized spacial score (nSPS) is 10.7. The van der Waals surface area contributed by atoms with Gasteiger partial charge < -0.3 is 4.98 Å². The molecule has 3 heteroatoms. The largest absolute Gasteiger partial charge is 0.339 e. The molecule has 0 atom stereocenters. The molecule has 2 rings (SSSR count). The van der Waals surface area contributed by atoms with Crippen molar-refractivity contribution in [1.29, 1.82) is 0 Å². The average Bonchev–Trinajstić information content (AvgIpc) is 2.58. The summed E-state index contributed by atoms with van der Waals surface area (Å²) >= 11 is 3.46. The summed E-state index contributed by atoms with van der Waals surface area (Å²) in [5, 5.41) is 0. The molecule has 1 N–H and O–H groups in total. The van der Waals surface area contributed by atoms with Crippen LogP contribution in [0.2, 0.25) is 0 Å². The summed E-state index contributed by atoms with van der Waals surface area (Å²) in [6.07, 6.45) is 1.70. The predicted molar refractivity (Wildman–Crippen MR) is 65.9 cm³/mol. The van der Waals surface area contributed by atoms with Crippen molar-refractivity contribution in [1.82, 2.24) is 9.97 Å². The molecule has 2 aromatic rings. The summed E-state index contributed by atoms with van der Waals surface area (Å²) in [7, 11) is 0. The smallest absolute Gasteiger partial charge is 0.110 e. The summed E-state index contributed by atoms with van der Waals surface area (Å²) in [4.78, 5) is 7.35. The minimum atomic E-state index is 0.939. The quantitative estimate of drug-likeness (QED) is 0.835. The fraction of sp³-hybridized carbons (Fsp3) is 0.250. The number of H-pyrrole nitrogens is 1. The van der Waals surface area contributed by atoms with Gasteiger partial charge in [-0.1, -0.05) is 6.07 Å². The summed E-state index contributed by atoms with van der Waals surface area (Å²) in [6.45, 7) is 6.37. The van der Waals surface area contributed by atoms with Crippen LogP contribution in [0.15, 0.2) is 23.1 Å². The number of imidazole rings is 1. The van der Waals surface area contributed by atoms with Gasteiger partial charge in [-0.3, -0.25) is 0 Å². The van der Waals surface area contributed by atoms with Crippen LogP contribution in [0.4, 0.5) is 0 Å². The third-order valence-electron chi connectivity index (χ3n) is 2.69. The molecule has 0 aliphatic carbocycles. The van der Waals surface area contributed by atoms with Gasteiger partial charge >= 0.3 is 0 Å². The Hall–Kier alpha value is -1.09. The molecule has 0 unspecified atom stereocenters. The van der Waals surface area contributed by atoms with Crippen molar-refractivity contribution in [3.63, 3.8) is 0 Å². The zero-order valence-electron chi connectivity index (χ0n) is 9.06. The number of aryl methyl sites for hydroxylation is 3. The summed E-state index contributed by atoms with van der Waals surface area (Å²) in [5.74, 6) is 0. The Kier molecular flexibility index (Phi) is 2.65. The molecular weight excluding hydrogens is 252 g/mol. The number of benzene rings is 1. The Labute approximate surface area is 97.9 Å². The zero-order valence-corrected chi connectivity index (χ0v) is 10.6. The van der Waals surface area contributed by atoms with E-state index < -0.39 is 0 Å². The molecule has 2 nitrogen and oxygen atoms in total. The first kappa shape index (κ1) is 10.4. The van der Waals surface area contributed by atoms with E-state index in [9.17, 15) is 0 Å². The van der Waals surface area contributed by atoms with Gasteiger partial charge in [0.1, 0.15) is 10.3 Å². The molecule has 0 aliphatic rings. The second-order valence-corrected chi connectivity index (χ2v) is 4.61. The van der Waals surface area contributed by atoms with E-state index in [0.29, 0.717) is 0 Å². The van der Waals surface area contributed by atoms with Crippen LogP contribution in [0.1, 0.15) is 16.7 Å². The fourth-order valence-corrected chi connectivity index (χ4v) is 2.10. The highest BCUT2D eigenvalue weighted by molar-refractivity contribution is 9.10. The molecule has 0 aliphatic heterocycles. The third kappa shape index (κ3) is 1.84. The maximum Gasteiger partial charge on any atom is 0.110 e. The molecule has 1 heterocycles. The Bertz CT molecular complexity index is 500. The van der Waals surface area contributed by atoms with Crippen LogP contribution in [-0.2, 0) is 0 Å². The van der Waals surface area contributed by atoms with Crippen LogP contribution in [0.3, 0.4) is 0 Å². The van der Waals surface area contributed by atoms with Crippen LogP contribution in [-0.4, -0.2) is 9.97 Å². The monoisotopic (exact) mass is 264 g/mol. The van der Waals surface area contributed by atoms with E-state index in [1.165, 1.54) is 22.3 Å². The number of nitrogens with zero attached hydrogens (tertiary/aromatic N) is 1. The second kappa shape index (κ2) is 3.81. The average molecular weight is 265 g/mol. The summed E-state index contributed by atoms with van der Waals surface area (Å²) in [5.41, 5.74) is 6.04. The number of hydrogen-bond acceptors (Lipinski definition) is 1. The van der Waals surface area contributed by atoms with Gasteiger partial charge in [0.15, 0.2) is 0 Å². The van der Waals surface area contributed by atoms with E-state index >= 15 is 0 Å². The lowest BCUT2D eigenvalue weighted by Gasteiger charge is -2.08. The number of hydrogen-bond donors (Lipinski definition) is 1. The van der Waals surface area contributed by atoms with Crippen molar-refractivity contribution in [3.8, 4) is 11.3 Å². The molecule has 15 heavy (non-hydrogen) atoms. The van der Waals surface area contributed by atoms with Gasteiger partial charge in [-0.25, -0.2) is 4.98 Å². The number of halogens is 1. The zero-order chi connectivity index (χ0) is 11.0. The first-order valence-electron chi connectivity index (χ1n) is 4.86. The molecule has 0 radical (unpaired) electrons. The van der Waals surface area contributed by atoms with Gasteiger partial charge in [-0.15, -0.1) is 0 Å². The topological polar surface area (TPSA) is 28.7 Å². The van der Waals surface area contributed by atoms with Crippen molar-refractivity contribution in [2.24, 2.45) is 0 Å². The molecule has 0 saturated carbocycles. The Morgan fingerprint density at radius 3 is 2.33 bits per heavy atom. The number of aromatic amines is 1. The van der Waals surface area contributed by atoms with Gasteiger partial charge in [-0.2, -0.15) is 0 Å². The number of rotatable bonds is 1. The van der Waals surface area contributed by atoms with Crippen molar-refractivity contribution in [2.75, 3.05) is 0 Å². The molecule has 0 spiro atoms. The lowest BCUT2D eigenvalue weighted by Crippen LogP contribution is -1.89. The van der Waals surface area contributed by atoms with Gasteiger partial charge in [0, 0.05) is 5.56 Å². The van der Waals surface area contributed by atoms with Gasteiger partial charge in [0.25, 0.3) is 0 Å². The second-order valence-electron chi connectivity index (χ2n) is 3.82. The highest BCUT2D eigenvalue weighted by atomic mass is 79.9. The van der Waals surface area contributed by atoms with E-state index in [1.807, 2.05) is 0 Å². The summed E-state index contributed by atoms with van der Waals surface area (Å²) in [6, 6.07) is 4.39. The van der Waals surface area contributed by atoms with E-state index in [-0.39, 0.29) is 0 Å². The maximum atomic E-state index is 4.32. The van der Waals surface area contributed by atoms with Crippen molar-refractivity contribution >= 4 is 15.9 Å². The fourth-order valence-electron chi connectivity index (χ4n) is 1.68. The van der Waals surface area contributed by atoms with Crippen LogP contribution < -0.4 is 0 Å². The van der Waals surface area contributed by atoms with E-state index in [1.54, 1.807) is 6.33 Å². The Morgan fingerprint density at radius 2 is 1.73 bits per heavy atom. The summed E-state index contributed by atoms with van der Waals surface area (Å²) < 4.78 is 0.939. The van der Waals surface area contributed by atoms with Crippen LogP contribution in [0.5, 0.6) is 0 Å². The molecular formula is C12H13BrN2. The lowest BCUT2D eigenvalue weighted by molar-refractivity contribution is 1.28. The van der Waals surface area contributed by atoms with E-state index in [4.69, 9.17) is 0 Å². The SMILES string of the molecule is Cc1cc(C)c(-c2nc[nH]c2Br)cc1C. The maximum absolute atomic E-state index is 4.32. The molecule has 0 amide bonds. The van der Waals surface area contributed by atoms with E-state index in [2.05, 4.69) is 58.8 Å². The molecule has 78 valence electrons. The predicted octanol–water partition coefficient (Wildman–Crippen LogP) is 3.76. The van der Waals surface area contributed by atoms with Crippen LogP contribution >= 0.6 is 15.9 Å². The van der Waals surface area contributed by atoms with Gasteiger partial charge in [0.2, 0.25) is 0 Å².